The van der Waals surface area contributed by atoms with Crippen LogP contribution in [-0.4, -0.2) is 20.0 Å². The van der Waals surface area contributed by atoms with Gasteiger partial charge in [0, 0.05) is 17.7 Å². The zero-order chi connectivity index (χ0) is 23.8. The minimum atomic E-state index is -0.420. The maximum atomic E-state index is 13.7. The molecule has 174 valence electrons. The molecule has 7 heteroatoms. The molecule has 3 aromatic rings. The van der Waals surface area contributed by atoms with Crippen LogP contribution in [0.4, 0.5) is 11.4 Å². The SMILES string of the molecule is COc1ccc([C@H]2CC(=O)C3=C(C2)Nc2ccccc2N[C@H]3c2cccc(Cl)c2Cl)cc1OC. The van der Waals surface area contributed by atoms with Crippen LogP contribution in [0.1, 0.15) is 35.9 Å². The predicted molar refractivity (Wildman–Crippen MR) is 136 cm³/mol. The van der Waals surface area contributed by atoms with Gasteiger partial charge in [-0.25, -0.2) is 0 Å². The summed E-state index contributed by atoms with van der Waals surface area (Å²) >= 11 is 13.0. The number of carbonyl (C=O) groups is 1. The zero-order valence-corrected chi connectivity index (χ0v) is 20.3. The lowest BCUT2D eigenvalue weighted by Crippen LogP contribution is -2.27. The van der Waals surface area contributed by atoms with Gasteiger partial charge in [0.15, 0.2) is 17.3 Å². The molecule has 0 spiro atoms. The van der Waals surface area contributed by atoms with E-state index in [0.29, 0.717) is 40.0 Å². The number of hydrogen-bond donors (Lipinski definition) is 2. The molecule has 2 atom stereocenters. The number of hydrogen-bond acceptors (Lipinski definition) is 5. The fourth-order valence-electron chi connectivity index (χ4n) is 4.81. The molecule has 2 aliphatic rings. The molecule has 0 bridgehead atoms. The average molecular weight is 495 g/mol. The Bertz CT molecular complexity index is 1300. The largest absolute Gasteiger partial charge is 0.493 e. The molecule has 0 fully saturated rings. The minimum Gasteiger partial charge on any atom is -0.493 e. The number of fused-ring (bicyclic) bond motifs is 1. The molecule has 1 aliphatic carbocycles. The van der Waals surface area contributed by atoms with Crippen molar-refractivity contribution in [3.63, 3.8) is 0 Å². The van der Waals surface area contributed by atoms with Gasteiger partial charge in [0.2, 0.25) is 0 Å². The molecule has 1 aliphatic heterocycles. The second-order valence-corrected chi connectivity index (χ2v) is 9.21. The molecule has 34 heavy (non-hydrogen) atoms. The first-order chi connectivity index (χ1) is 16.5. The van der Waals surface area contributed by atoms with Gasteiger partial charge in [-0.2, -0.15) is 0 Å². The van der Waals surface area contributed by atoms with E-state index in [1.807, 2.05) is 54.6 Å². The third-order valence-electron chi connectivity index (χ3n) is 6.48. The molecular weight excluding hydrogens is 471 g/mol. The van der Waals surface area contributed by atoms with Crippen molar-refractivity contribution in [2.24, 2.45) is 0 Å². The number of nitrogens with one attached hydrogen (secondary N) is 2. The van der Waals surface area contributed by atoms with Gasteiger partial charge in [0.25, 0.3) is 0 Å². The van der Waals surface area contributed by atoms with Gasteiger partial charge in [-0.05, 0) is 53.8 Å². The van der Waals surface area contributed by atoms with Crippen molar-refractivity contribution >= 4 is 40.4 Å². The third kappa shape index (κ3) is 3.99. The van der Waals surface area contributed by atoms with E-state index >= 15 is 0 Å². The van der Waals surface area contributed by atoms with Gasteiger partial charge in [0.1, 0.15) is 0 Å². The maximum Gasteiger partial charge on any atom is 0.163 e. The molecule has 1 heterocycles. The summed E-state index contributed by atoms with van der Waals surface area (Å²) in [6.45, 7) is 0. The Morgan fingerprint density at radius 2 is 1.65 bits per heavy atom. The Labute approximate surface area is 208 Å². The normalized spacial score (nSPS) is 19.4. The van der Waals surface area contributed by atoms with E-state index in [1.165, 1.54) is 0 Å². The number of Topliss-reactive ketones (excluding diaryl/α,β-unsaturated/α-hetero) is 1. The van der Waals surface area contributed by atoms with Gasteiger partial charge >= 0.3 is 0 Å². The number of methoxy groups -OCH3 is 2. The van der Waals surface area contributed by atoms with Gasteiger partial charge in [-0.1, -0.05) is 53.5 Å². The minimum absolute atomic E-state index is 0.000647. The molecular formula is C27H24Cl2N2O3. The Morgan fingerprint density at radius 3 is 2.41 bits per heavy atom. The molecule has 0 amide bonds. The molecule has 3 aromatic carbocycles. The monoisotopic (exact) mass is 494 g/mol. The fourth-order valence-corrected chi connectivity index (χ4v) is 5.23. The van der Waals surface area contributed by atoms with E-state index in [-0.39, 0.29) is 11.7 Å². The van der Waals surface area contributed by atoms with E-state index in [0.717, 1.165) is 28.2 Å². The van der Waals surface area contributed by atoms with Crippen LogP contribution in [-0.2, 0) is 4.79 Å². The van der Waals surface area contributed by atoms with Crippen molar-refractivity contribution in [1.82, 2.24) is 0 Å². The number of benzene rings is 3. The van der Waals surface area contributed by atoms with Crippen molar-refractivity contribution in [3.05, 3.63) is 93.1 Å². The Kier molecular flexibility index (Phi) is 6.15. The first-order valence-electron chi connectivity index (χ1n) is 11.0. The van der Waals surface area contributed by atoms with Crippen molar-refractivity contribution in [2.75, 3.05) is 24.9 Å². The highest BCUT2D eigenvalue weighted by Crippen LogP contribution is 2.46. The summed E-state index contributed by atoms with van der Waals surface area (Å²) in [6.07, 6.45) is 1.05. The molecule has 0 saturated carbocycles. The lowest BCUT2D eigenvalue weighted by Gasteiger charge is -2.30. The van der Waals surface area contributed by atoms with Gasteiger partial charge < -0.3 is 20.1 Å². The maximum absolute atomic E-state index is 13.7. The molecule has 0 radical (unpaired) electrons. The van der Waals surface area contributed by atoms with E-state index < -0.39 is 6.04 Å². The Balaban J connectivity index is 1.61. The number of ether oxygens (including phenoxy) is 2. The average Bonchev–Trinajstić information content (AvgIpc) is 3.02. The lowest BCUT2D eigenvalue weighted by molar-refractivity contribution is -0.116. The first-order valence-corrected chi connectivity index (χ1v) is 11.8. The van der Waals surface area contributed by atoms with Gasteiger partial charge in [-0.15, -0.1) is 0 Å². The Hall–Kier alpha value is -3.15. The molecule has 5 nitrogen and oxygen atoms in total. The zero-order valence-electron chi connectivity index (χ0n) is 18.8. The number of anilines is 2. The topological polar surface area (TPSA) is 59.6 Å². The number of halogens is 2. The van der Waals surface area contributed by atoms with E-state index in [4.69, 9.17) is 32.7 Å². The van der Waals surface area contributed by atoms with Crippen molar-refractivity contribution in [2.45, 2.75) is 24.8 Å². The smallest absolute Gasteiger partial charge is 0.163 e. The van der Waals surface area contributed by atoms with Gasteiger partial charge in [0.05, 0.1) is 41.7 Å². The van der Waals surface area contributed by atoms with Crippen LogP contribution in [0.15, 0.2) is 71.9 Å². The van der Waals surface area contributed by atoms with Crippen molar-refractivity contribution in [3.8, 4) is 11.5 Å². The molecule has 2 N–H and O–H groups in total. The number of rotatable bonds is 4. The lowest BCUT2D eigenvalue weighted by atomic mass is 9.78. The van der Waals surface area contributed by atoms with Crippen LogP contribution in [0.25, 0.3) is 0 Å². The summed E-state index contributed by atoms with van der Waals surface area (Å²) in [4.78, 5) is 13.7. The van der Waals surface area contributed by atoms with Gasteiger partial charge in [-0.3, -0.25) is 4.79 Å². The van der Waals surface area contributed by atoms with Crippen LogP contribution in [0, 0.1) is 0 Å². The summed E-state index contributed by atoms with van der Waals surface area (Å²) in [5, 5.41) is 7.99. The quantitative estimate of drug-likeness (QED) is 0.409. The van der Waals surface area contributed by atoms with Crippen molar-refractivity contribution < 1.29 is 14.3 Å². The van der Waals surface area contributed by atoms with Crippen LogP contribution < -0.4 is 20.1 Å². The number of para-hydroxylation sites is 2. The summed E-state index contributed by atoms with van der Waals surface area (Å²) in [6, 6.07) is 18.9. The second-order valence-electron chi connectivity index (χ2n) is 8.43. The summed E-state index contributed by atoms with van der Waals surface area (Å²) in [5.74, 6) is 1.38. The summed E-state index contributed by atoms with van der Waals surface area (Å²) < 4.78 is 10.9. The summed E-state index contributed by atoms with van der Waals surface area (Å²) in [5.41, 5.74) is 5.19. The third-order valence-corrected chi connectivity index (χ3v) is 7.31. The highest BCUT2D eigenvalue weighted by molar-refractivity contribution is 6.42. The molecule has 5 rings (SSSR count). The number of ketones is 1. The number of carbonyl (C=O) groups excluding carboxylic acids is 1. The van der Waals surface area contributed by atoms with E-state index in [2.05, 4.69) is 10.6 Å². The standard InChI is InChI=1S/C27H24Cl2N2O3/c1-33-23-11-10-15(14-24(23)34-2)16-12-21-25(22(32)13-16)27(17-6-5-7-18(28)26(17)29)31-20-9-4-3-8-19(20)30-21/h3-11,14,16,27,30-31H,12-13H2,1-2H3/t16-,27+/m1/s1. The fraction of sp³-hybridized carbons (Fsp3) is 0.222. The van der Waals surface area contributed by atoms with Crippen LogP contribution in [0.5, 0.6) is 11.5 Å². The Morgan fingerprint density at radius 1 is 0.882 bits per heavy atom. The first kappa shape index (κ1) is 22.6. The molecule has 0 saturated heterocycles. The molecule has 0 unspecified atom stereocenters. The highest BCUT2D eigenvalue weighted by atomic mass is 35.5. The van der Waals surface area contributed by atoms with E-state index in [1.54, 1.807) is 20.3 Å². The molecule has 0 aromatic heterocycles. The van der Waals surface area contributed by atoms with Crippen LogP contribution in [0.3, 0.4) is 0 Å². The van der Waals surface area contributed by atoms with E-state index in [9.17, 15) is 4.79 Å². The van der Waals surface area contributed by atoms with Crippen LogP contribution in [0.2, 0.25) is 10.0 Å². The van der Waals surface area contributed by atoms with Crippen molar-refractivity contribution in [1.29, 1.82) is 0 Å². The summed E-state index contributed by atoms with van der Waals surface area (Å²) in [7, 11) is 3.23. The highest BCUT2D eigenvalue weighted by Gasteiger charge is 2.37. The predicted octanol–water partition coefficient (Wildman–Crippen LogP) is 6.99. The number of allylic oxidation sites excluding steroid dienone is 1. The van der Waals surface area contributed by atoms with Crippen LogP contribution >= 0.6 is 23.2 Å². The second kappa shape index (κ2) is 9.24.